The maximum atomic E-state index is 11.8. The van der Waals surface area contributed by atoms with Crippen molar-refractivity contribution in [1.29, 1.82) is 0 Å². The second-order valence-electron chi connectivity index (χ2n) is 6.21. The van der Waals surface area contributed by atoms with Crippen molar-refractivity contribution in [3.8, 4) is 0 Å². The number of benzene rings is 1. The Balaban J connectivity index is 1.69. The SMILES string of the molecule is CCOC(=O)N1CCC(OC(c2ccc(Cl)cc2)c2ccccn2)CC1. The molecule has 1 aliphatic heterocycles. The lowest BCUT2D eigenvalue weighted by Gasteiger charge is -2.33. The summed E-state index contributed by atoms with van der Waals surface area (Å²) in [6.07, 6.45) is 2.87. The quantitative estimate of drug-likeness (QED) is 0.775. The summed E-state index contributed by atoms with van der Waals surface area (Å²) < 4.78 is 11.5. The standard InChI is InChI=1S/C20H23ClN2O3/c1-2-25-20(24)23-13-10-17(11-14-23)26-19(18-5-3-4-12-22-18)15-6-8-16(21)9-7-15/h3-9,12,17,19H,2,10-11,13-14H2,1H3. The molecule has 5 nitrogen and oxygen atoms in total. The highest BCUT2D eigenvalue weighted by Gasteiger charge is 2.27. The average molecular weight is 375 g/mol. The maximum Gasteiger partial charge on any atom is 0.409 e. The molecule has 2 heterocycles. The number of ether oxygens (including phenoxy) is 2. The molecule has 1 aromatic carbocycles. The predicted molar refractivity (Wildman–Crippen MR) is 100 cm³/mol. The molecule has 6 heteroatoms. The Bertz CT molecular complexity index is 701. The summed E-state index contributed by atoms with van der Waals surface area (Å²) in [5.41, 5.74) is 1.88. The molecule has 1 amide bonds. The number of likely N-dealkylation sites (tertiary alicyclic amines) is 1. The third-order valence-electron chi connectivity index (χ3n) is 4.43. The molecular weight excluding hydrogens is 352 g/mol. The second kappa shape index (κ2) is 9.01. The molecule has 1 saturated heterocycles. The fourth-order valence-electron chi connectivity index (χ4n) is 3.07. The topological polar surface area (TPSA) is 51.7 Å². The van der Waals surface area contributed by atoms with Crippen molar-refractivity contribution in [2.24, 2.45) is 0 Å². The van der Waals surface area contributed by atoms with Gasteiger partial charge in [-0.05, 0) is 49.6 Å². The second-order valence-corrected chi connectivity index (χ2v) is 6.64. The molecule has 138 valence electrons. The van der Waals surface area contributed by atoms with Gasteiger partial charge in [-0.3, -0.25) is 4.98 Å². The van der Waals surface area contributed by atoms with Crippen molar-refractivity contribution >= 4 is 17.7 Å². The molecule has 1 fully saturated rings. The van der Waals surface area contributed by atoms with Gasteiger partial charge in [-0.2, -0.15) is 0 Å². The molecule has 0 aliphatic carbocycles. The minimum Gasteiger partial charge on any atom is -0.450 e. The number of piperidine rings is 1. The van der Waals surface area contributed by atoms with E-state index in [1.165, 1.54) is 0 Å². The summed E-state index contributed by atoms with van der Waals surface area (Å²) in [5, 5.41) is 0.691. The van der Waals surface area contributed by atoms with Crippen molar-refractivity contribution in [3.05, 3.63) is 64.9 Å². The van der Waals surface area contributed by atoms with E-state index in [0.29, 0.717) is 24.7 Å². The first-order chi connectivity index (χ1) is 12.7. The zero-order valence-corrected chi connectivity index (χ0v) is 15.6. The van der Waals surface area contributed by atoms with Gasteiger partial charge in [0.1, 0.15) is 6.10 Å². The molecule has 0 spiro atoms. The van der Waals surface area contributed by atoms with Crippen LogP contribution in [-0.2, 0) is 9.47 Å². The highest BCUT2D eigenvalue weighted by Crippen LogP contribution is 2.29. The van der Waals surface area contributed by atoms with Crippen LogP contribution in [0.25, 0.3) is 0 Å². The fraction of sp³-hybridized carbons (Fsp3) is 0.400. The van der Waals surface area contributed by atoms with E-state index in [1.807, 2.05) is 49.4 Å². The van der Waals surface area contributed by atoms with E-state index in [4.69, 9.17) is 21.1 Å². The van der Waals surface area contributed by atoms with Crippen LogP contribution in [0.1, 0.15) is 37.1 Å². The minimum absolute atomic E-state index is 0.0587. The number of aromatic nitrogens is 1. The van der Waals surface area contributed by atoms with Crippen LogP contribution in [0.3, 0.4) is 0 Å². The lowest BCUT2D eigenvalue weighted by atomic mass is 10.0. The first-order valence-corrected chi connectivity index (χ1v) is 9.28. The van der Waals surface area contributed by atoms with Crippen molar-refractivity contribution < 1.29 is 14.3 Å². The summed E-state index contributed by atoms with van der Waals surface area (Å²) in [6, 6.07) is 13.5. The van der Waals surface area contributed by atoms with Gasteiger partial charge in [-0.1, -0.05) is 29.8 Å². The van der Waals surface area contributed by atoms with E-state index >= 15 is 0 Å². The zero-order chi connectivity index (χ0) is 18.4. The van der Waals surface area contributed by atoms with Crippen molar-refractivity contribution in [1.82, 2.24) is 9.88 Å². The number of carbonyl (C=O) groups is 1. The number of carbonyl (C=O) groups excluding carboxylic acids is 1. The van der Waals surface area contributed by atoms with Crippen molar-refractivity contribution in [2.45, 2.75) is 32.0 Å². The monoisotopic (exact) mass is 374 g/mol. The highest BCUT2D eigenvalue weighted by atomic mass is 35.5. The van der Waals surface area contributed by atoms with Crippen LogP contribution in [-0.4, -0.2) is 41.8 Å². The Kier molecular flexibility index (Phi) is 6.47. The molecule has 0 bridgehead atoms. The van der Waals surface area contributed by atoms with Gasteiger partial charge in [-0.15, -0.1) is 0 Å². The van der Waals surface area contributed by atoms with Gasteiger partial charge in [0.2, 0.25) is 0 Å². The third-order valence-corrected chi connectivity index (χ3v) is 4.68. The van der Waals surface area contributed by atoms with Crippen LogP contribution in [0.5, 0.6) is 0 Å². The van der Waals surface area contributed by atoms with E-state index in [0.717, 1.165) is 24.1 Å². The molecule has 1 aromatic heterocycles. The number of pyridine rings is 1. The maximum absolute atomic E-state index is 11.8. The average Bonchev–Trinajstić information content (AvgIpc) is 2.68. The van der Waals surface area contributed by atoms with Gasteiger partial charge in [0, 0.05) is 24.3 Å². The van der Waals surface area contributed by atoms with E-state index in [-0.39, 0.29) is 18.3 Å². The number of rotatable bonds is 5. The van der Waals surface area contributed by atoms with Gasteiger partial charge in [0.25, 0.3) is 0 Å². The Labute approximate surface area is 158 Å². The lowest BCUT2D eigenvalue weighted by molar-refractivity contribution is -0.0275. The van der Waals surface area contributed by atoms with Crippen LogP contribution in [0.4, 0.5) is 4.79 Å². The first-order valence-electron chi connectivity index (χ1n) is 8.91. The Hall–Kier alpha value is -2.11. The van der Waals surface area contributed by atoms with Crippen LogP contribution < -0.4 is 0 Å². The number of amides is 1. The summed E-state index contributed by atoms with van der Waals surface area (Å²) in [4.78, 5) is 18.0. The largest absolute Gasteiger partial charge is 0.450 e. The molecule has 1 atom stereocenters. The zero-order valence-electron chi connectivity index (χ0n) is 14.8. The normalized spacial score (nSPS) is 16.3. The number of hydrogen-bond donors (Lipinski definition) is 0. The number of halogens is 1. The molecule has 0 N–H and O–H groups in total. The van der Waals surface area contributed by atoms with Crippen molar-refractivity contribution in [2.75, 3.05) is 19.7 Å². The summed E-state index contributed by atoms with van der Waals surface area (Å²) in [6.45, 7) is 3.49. The Morgan fingerprint density at radius 1 is 1.23 bits per heavy atom. The molecule has 3 rings (SSSR count). The van der Waals surface area contributed by atoms with Crippen LogP contribution in [0.15, 0.2) is 48.7 Å². The molecule has 1 aliphatic rings. The van der Waals surface area contributed by atoms with E-state index in [2.05, 4.69) is 4.98 Å². The Morgan fingerprint density at radius 3 is 2.58 bits per heavy atom. The van der Waals surface area contributed by atoms with Gasteiger partial charge >= 0.3 is 6.09 Å². The fourth-order valence-corrected chi connectivity index (χ4v) is 3.20. The Morgan fingerprint density at radius 2 is 1.96 bits per heavy atom. The van der Waals surface area contributed by atoms with Gasteiger partial charge in [0.05, 0.1) is 18.4 Å². The minimum atomic E-state index is -0.257. The molecule has 1 unspecified atom stereocenters. The molecule has 2 aromatic rings. The third kappa shape index (κ3) is 4.74. The molecule has 0 saturated carbocycles. The van der Waals surface area contributed by atoms with Gasteiger partial charge in [-0.25, -0.2) is 4.79 Å². The smallest absolute Gasteiger partial charge is 0.409 e. The molecule has 0 radical (unpaired) electrons. The first kappa shape index (κ1) is 18.7. The predicted octanol–water partition coefficient (Wildman–Crippen LogP) is 4.46. The van der Waals surface area contributed by atoms with Gasteiger partial charge < -0.3 is 14.4 Å². The lowest BCUT2D eigenvalue weighted by Crippen LogP contribution is -2.41. The van der Waals surface area contributed by atoms with Gasteiger partial charge in [0.15, 0.2) is 0 Å². The summed E-state index contributed by atoms with van der Waals surface area (Å²) >= 11 is 6.02. The number of nitrogens with zero attached hydrogens (tertiary/aromatic N) is 2. The van der Waals surface area contributed by atoms with Crippen LogP contribution in [0, 0.1) is 0 Å². The van der Waals surface area contributed by atoms with E-state index in [1.54, 1.807) is 11.1 Å². The van der Waals surface area contributed by atoms with Crippen LogP contribution in [0.2, 0.25) is 5.02 Å². The number of hydrogen-bond acceptors (Lipinski definition) is 4. The molecule has 26 heavy (non-hydrogen) atoms. The summed E-state index contributed by atoms with van der Waals surface area (Å²) in [5.74, 6) is 0. The van der Waals surface area contributed by atoms with Crippen LogP contribution >= 0.6 is 11.6 Å². The van der Waals surface area contributed by atoms with E-state index in [9.17, 15) is 4.79 Å². The van der Waals surface area contributed by atoms with Crippen molar-refractivity contribution in [3.63, 3.8) is 0 Å². The highest BCUT2D eigenvalue weighted by molar-refractivity contribution is 6.30. The molecular formula is C20H23ClN2O3. The summed E-state index contributed by atoms with van der Waals surface area (Å²) in [7, 11) is 0. The van der Waals surface area contributed by atoms with E-state index < -0.39 is 0 Å².